The molecule has 2 rings (SSSR count). The number of hydrogen-bond acceptors (Lipinski definition) is 6. The van der Waals surface area contributed by atoms with Crippen LogP contribution in [0.1, 0.15) is 0 Å². The molecule has 0 fully saturated rings. The Kier molecular flexibility index (Phi) is 1.78. The van der Waals surface area contributed by atoms with Crippen LogP contribution in [0.4, 0.5) is 11.4 Å². The number of nitro groups is 2. The van der Waals surface area contributed by atoms with E-state index in [1.54, 1.807) is 0 Å². The van der Waals surface area contributed by atoms with Gasteiger partial charge >= 0.3 is 0 Å². The molecule has 1 aromatic carbocycles. The molecular formula is C6H3N5O4. The SMILES string of the molecule is O=[N+]([O-])c1ccc([N+](=O)[O-])c2n[nH]nc12. The molecular weight excluding hydrogens is 206 g/mol. The number of nitrogens with one attached hydrogen (secondary N) is 1. The molecule has 1 heterocycles. The molecule has 0 saturated heterocycles. The molecule has 1 N–H and O–H groups in total. The monoisotopic (exact) mass is 209 g/mol. The molecule has 0 saturated carbocycles. The quantitative estimate of drug-likeness (QED) is 0.574. The van der Waals surface area contributed by atoms with E-state index in [2.05, 4.69) is 15.4 Å². The lowest BCUT2D eigenvalue weighted by molar-refractivity contribution is -0.386. The van der Waals surface area contributed by atoms with Crippen molar-refractivity contribution in [2.24, 2.45) is 0 Å². The predicted octanol–water partition coefficient (Wildman–Crippen LogP) is 0.774. The zero-order valence-corrected chi connectivity index (χ0v) is 7.08. The first-order chi connectivity index (χ1) is 7.11. The van der Waals surface area contributed by atoms with Crippen LogP contribution in [-0.2, 0) is 0 Å². The van der Waals surface area contributed by atoms with Gasteiger partial charge in [-0.2, -0.15) is 5.21 Å². The van der Waals surface area contributed by atoms with Crippen LogP contribution in [0.2, 0.25) is 0 Å². The Bertz CT molecular complexity index is 514. The minimum atomic E-state index is -0.672. The summed E-state index contributed by atoms with van der Waals surface area (Å²) in [6.45, 7) is 0. The Hall–Kier alpha value is -2.58. The van der Waals surface area contributed by atoms with Gasteiger partial charge in [-0.1, -0.05) is 0 Å². The molecule has 0 atom stereocenters. The number of benzene rings is 1. The van der Waals surface area contributed by atoms with Crippen LogP contribution < -0.4 is 0 Å². The van der Waals surface area contributed by atoms with E-state index in [9.17, 15) is 20.2 Å². The van der Waals surface area contributed by atoms with Crippen molar-refractivity contribution >= 4 is 22.4 Å². The molecule has 0 unspecified atom stereocenters. The standard InChI is InChI=1S/C6H3N5O4/c12-10(13)3-1-2-4(11(14)15)6-5(3)7-9-8-6/h1-2H,(H,7,8,9). The summed E-state index contributed by atoms with van der Waals surface area (Å²) >= 11 is 0. The highest BCUT2D eigenvalue weighted by Gasteiger charge is 2.23. The summed E-state index contributed by atoms with van der Waals surface area (Å²) < 4.78 is 0. The van der Waals surface area contributed by atoms with E-state index in [1.165, 1.54) is 0 Å². The molecule has 9 nitrogen and oxygen atoms in total. The average Bonchev–Trinajstić information content (AvgIpc) is 2.63. The highest BCUT2D eigenvalue weighted by molar-refractivity contribution is 5.90. The fourth-order valence-corrected chi connectivity index (χ4v) is 1.20. The maximum Gasteiger partial charge on any atom is 0.299 e. The minimum Gasteiger partial charge on any atom is -0.258 e. The van der Waals surface area contributed by atoms with Crippen molar-refractivity contribution in [3.63, 3.8) is 0 Å². The molecule has 15 heavy (non-hydrogen) atoms. The lowest BCUT2D eigenvalue weighted by atomic mass is 10.2. The summed E-state index contributed by atoms with van der Waals surface area (Å²) in [6.07, 6.45) is 0. The summed E-state index contributed by atoms with van der Waals surface area (Å²) in [4.78, 5) is 19.8. The maximum atomic E-state index is 10.5. The molecule has 0 aliphatic carbocycles. The predicted molar refractivity (Wildman–Crippen MR) is 47.2 cm³/mol. The van der Waals surface area contributed by atoms with E-state index < -0.39 is 9.85 Å². The first-order valence-electron chi connectivity index (χ1n) is 3.73. The van der Waals surface area contributed by atoms with Crippen LogP contribution in [0.3, 0.4) is 0 Å². The molecule has 1 aromatic heterocycles. The second-order valence-electron chi connectivity index (χ2n) is 2.64. The summed E-state index contributed by atoms with van der Waals surface area (Å²) in [6, 6.07) is 2.06. The van der Waals surface area contributed by atoms with Gasteiger partial charge in [0.1, 0.15) is 0 Å². The Morgan fingerprint density at radius 1 is 1.00 bits per heavy atom. The number of hydrogen-bond donors (Lipinski definition) is 1. The van der Waals surface area contributed by atoms with Gasteiger partial charge < -0.3 is 0 Å². The minimum absolute atomic E-state index is 0.116. The number of aromatic amines is 1. The molecule has 0 radical (unpaired) electrons. The van der Waals surface area contributed by atoms with Crippen molar-refractivity contribution in [1.29, 1.82) is 0 Å². The number of H-pyrrole nitrogens is 1. The van der Waals surface area contributed by atoms with Gasteiger partial charge in [-0.15, -0.1) is 10.2 Å². The van der Waals surface area contributed by atoms with Crippen molar-refractivity contribution in [3.8, 4) is 0 Å². The fraction of sp³-hybridized carbons (Fsp3) is 0. The Morgan fingerprint density at radius 2 is 1.40 bits per heavy atom. The van der Waals surface area contributed by atoms with Gasteiger partial charge in [0.25, 0.3) is 11.4 Å². The van der Waals surface area contributed by atoms with E-state index >= 15 is 0 Å². The second kappa shape index (κ2) is 2.97. The number of nitrogens with zero attached hydrogens (tertiary/aromatic N) is 4. The smallest absolute Gasteiger partial charge is 0.258 e. The third kappa shape index (κ3) is 1.25. The average molecular weight is 209 g/mol. The summed E-state index contributed by atoms with van der Waals surface area (Å²) in [7, 11) is 0. The summed E-state index contributed by atoms with van der Waals surface area (Å²) in [5, 5.41) is 30.2. The van der Waals surface area contributed by atoms with Crippen molar-refractivity contribution < 1.29 is 9.85 Å². The van der Waals surface area contributed by atoms with Gasteiger partial charge in [-0.05, 0) is 0 Å². The summed E-state index contributed by atoms with van der Waals surface area (Å²) in [5.74, 6) is 0. The maximum absolute atomic E-state index is 10.5. The first kappa shape index (κ1) is 8.99. The topological polar surface area (TPSA) is 128 Å². The first-order valence-corrected chi connectivity index (χ1v) is 3.73. The van der Waals surface area contributed by atoms with Crippen molar-refractivity contribution in [3.05, 3.63) is 32.4 Å². The van der Waals surface area contributed by atoms with Crippen LogP contribution in [0.25, 0.3) is 11.0 Å². The largest absolute Gasteiger partial charge is 0.299 e. The highest BCUT2D eigenvalue weighted by Crippen LogP contribution is 2.28. The number of non-ortho nitro benzene ring substituents is 2. The van der Waals surface area contributed by atoms with Crippen LogP contribution in [0.5, 0.6) is 0 Å². The molecule has 76 valence electrons. The third-order valence-corrected chi connectivity index (χ3v) is 1.83. The number of aromatic nitrogens is 3. The van der Waals surface area contributed by atoms with Crippen LogP contribution in [-0.4, -0.2) is 25.3 Å². The van der Waals surface area contributed by atoms with Gasteiger partial charge in [0.2, 0.25) is 0 Å². The Morgan fingerprint density at radius 3 is 1.73 bits per heavy atom. The Balaban J connectivity index is 2.82. The molecule has 0 aliphatic rings. The number of rotatable bonds is 2. The van der Waals surface area contributed by atoms with E-state index in [0.717, 1.165) is 12.1 Å². The third-order valence-electron chi connectivity index (χ3n) is 1.83. The Labute approximate surface area is 81.0 Å². The van der Waals surface area contributed by atoms with Crippen molar-refractivity contribution in [2.45, 2.75) is 0 Å². The van der Waals surface area contributed by atoms with Crippen LogP contribution in [0.15, 0.2) is 12.1 Å². The van der Waals surface area contributed by atoms with E-state index in [4.69, 9.17) is 0 Å². The van der Waals surface area contributed by atoms with Gasteiger partial charge in [0, 0.05) is 12.1 Å². The van der Waals surface area contributed by atoms with Crippen LogP contribution >= 0.6 is 0 Å². The fourth-order valence-electron chi connectivity index (χ4n) is 1.20. The van der Waals surface area contributed by atoms with Gasteiger partial charge in [-0.25, -0.2) is 0 Å². The number of fused-ring (bicyclic) bond motifs is 1. The van der Waals surface area contributed by atoms with Gasteiger partial charge in [-0.3, -0.25) is 20.2 Å². The molecule has 2 aromatic rings. The van der Waals surface area contributed by atoms with Gasteiger partial charge in [0.05, 0.1) is 9.85 Å². The molecule has 0 aliphatic heterocycles. The number of nitro benzene ring substituents is 2. The normalized spacial score (nSPS) is 10.4. The van der Waals surface area contributed by atoms with Gasteiger partial charge in [0.15, 0.2) is 11.0 Å². The lowest BCUT2D eigenvalue weighted by Crippen LogP contribution is -1.93. The van der Waals surface area contributed by atoms with Crippen molar-refractivity contribution in [1.82, 2.24) is 15.4 Å². The second-order valence-corrected chi connectivity index (χ2v) is 2.64. The van der Waals surface area contributed by atoms with E-state index in [1.807, 2.05) is 0 Å². The lowest BCUT2D eigenvalue weighted by Gasteiger charge is -1.92. The molecule has 0 bridgehead atoms. The molecule has 0 amide bonds. The van der Waals surface area contributed by atoms with E-state index in [0.29, 0.717) is 0 Å². The molecule has 9 heteroatoms. The van der Waals surface area contributed by atoms with E-state index in [-0.39, 0.29) is 22.4 Å². The zero-order chi connectivity index (χ0) is 11.0. The highest BCUT2D eigenvalue weighted by atomic mass is 16.6. The van der Waals surface area contributed by atoms with Crippen molar-refractivity contribution in [2.75, 3.05) is 0 Å². The molecule has 0 spiro atoms. The zero-order valence-electron chi connectivity index (χ0n) is 7.08. The van der Waals surface area contributed by atoms with Crippen LogP contribution in [0, 0.1) is 20.2 Å². The summed E-state index contributed by atoms with van der Waals surface area (Å²) in [5.41, 5.74) is -0.864.